The Morgan fingerprint density at radius 1 is 1.20 bits per heavy atom. The van der Waals surface area contributed by atoms with E-state index in [-0.39, 0.29) is 0 Å². The third kappa shape index (κ3) is 3.48. The zero-order valence-corrected chi connectivity index (χ0v) is 13.5. The highest BCUT2D eigenvalue weighted by atomic mass is 79.9. The first-order chi connectivity index (χ1) is 9.61. The number of nitrogens with zero attached hydrogens (tertiary/aromatic N) is 2. The quantitative estimate of drug-likeness (QED) is 0.875. The molecule has 20 heavy (non-hydrogen) atoms. The topological polar surface area (TPSA) is 47.0 Å². The molecule has 0 bridgehead atoms. The lowest BCUT2D eigenvalue weighted by molar-refractivity contribution is 0.458. The molecule has 0 radical (unpaired) electrons. The molecule has 0 amide bonds. The van der Waals surface area contributed by atoms with E-state index in [1.165, 1.54) is 17.5 Å². The molecule has 0 saturated heterocycles. The first-order valence-corrected chi connectivity index (χ1v) is 7.40. The number of rotatable bonds is 5. The van der Waals surface area contributed by atoms with Gasteiger partial charge in [0.1, 0.15) is 22.4 Å². The van der Waals surface area contributed by atoms with Crippen LogP contribution in [-0.4, -0.2) is 16.5 Å². The summed E-state index contributed by atoms with van der Waals surface area (Å²) in [7, 11) is 0. The molecule has 0 aliphatic rings. The van der Waals surface area contributed by atoms with Crippen LogP contribution in [0.3, 0.4) is 0 Å². The van der Waals surface area contributed by atoms with Crippen LogP contribution in [0.2, 0.25) is 0 Å². The summed E-state index contributed by atoms with van der Waals surface area (Å²) in [5.41, 5.74) is 2.43. The van der Waals surface area contributed by atoms with Crippen molar-refractivity contribution in [2.75, 3.05) is 11.9 Å². The molecule has 5 heteroatoms. The van der Waals surface area contributed by atoms with Crippen molar-refractivity contribution in [3.8, 4) is 11.6 Å². The molecule has 2 rings (SSSR count). The Morgan fingerprint density at radius 2 is 2.00 bits per heavy atom. The standard InChI is InChI=1S/C15H18BrN3O/c1-4-7-17-14-13(16)15(19-9-18-14)20-12-6-5-10(2)11(3)8-12/h5-6,8-9H,4,7H2,1-3H3,(H,17,18,19). The minimum Gasteiger partial charge on any atom is -0.438 e. The van der Waals surface area contributed by atoms with Crippen LogP contribution in [0.15, 0.2) is 29.0 Å². The molecule has 1 N–H and O–H groups in total. The molecule has 106 valence electrons. The van der Waals surface area contributed by atoms with E-state index in [0.717, 1.165) is 29.0 Å². The van der Waals surface area contributed by atoms with E-state index in [2.05, 4.69) is 52.0 Å². The molecule has 0 saturated carbocycles. The van der Waals surface area contributed by atoms with Crippen molar-refractivity contribution in [2.45, 2.75) is 27.2 Å². The maximum Gasteiger partial charge on any atom is 0.238 e. The van der Waals surface area contributed by atoms with E-state index in [1.54, 1.807) is 0 Å². The normalized spacial score (nSPS) is 10.4. The lowest BCUT2D eigenvalue weighted by atomic mass is 10.1. The second kappa shape index (κ2) is 6.70. The zero-order valence-electron chi connectivity index (χ0n) is 11.9. The lowest BCUT2D eigenvalue weighted by Crippen LogP contribution is -2.04. The Bertz CT molecular complexity index is 602. The summed E-state index contributed by atoms with van der Waals surface area (Å²) in [6.07, 6.45) is 2.53. The third-order valence-electron chi connectivity index (χ3n) is 2.99. The number of ether oxygens (including phenoxy) is 1. The molecule has 0 aliphatic carbocycles. The monoisotopic (exact) mass is 335 g/mol. The van der Waals surface area contributed by atoms with Crippen molar-refractivity contribution in [3.05, 3.63) is 40.1 Å². The molecular formula is C15H18BrN3O. The summed E-state index contributed by atoms with van der Waals surface area (Å²) in [4.78, 5) is 8.37. The maximum atomic E-state index is 5.83. The van der Waals surface area contributed by atoms with Crippen molar-refractivity contribution in [1.82, 2.24) is 9.97 Å². The van der Waals surface area contributed by atoms with Crippen molar-refractivity contribution in [2.24, 2.45) is 0 Å². The molecule has 0 unspecified atom stereocenters. The maximum absolute atomic E-state index is 5.83. The number of aryl methyl sites for hydroxylation is 2. The van der Waals surface area contributed by atoms with Gasteiger partial charge in [-0.3, -0.25) is 0 Å². The van der Waals surface area contributed by atoms with Gasteiger partial charge in [-0.05, 0) is 59.5 Å². The highest BCUT2D eigenvalue weighted by Crippen LogP contribution is 2.32. The van der Waals surface area contributed by atoms with Gasteiger partial charge in [0.05, 0.1) is 0 Å². The number of halogens is 1. The fourth-order valence-electron chi connectivity index (χ4n) is 1.68. The second-order valence-corrected chi connectivity index (χ2v) is 5.41. The van der Waals surface area contributed by atoms with Crippen LogP contribution < -0.4 is 10.1 Å². The predicted octanol–water partition coefficient (Wildman–Crippen LogP) is 4.47. The number of anilines is 1. The summed E-state index contributed by atoms with van der Waals surface area (Å²) < 4.78 is 6.57. The van der Waals surface area contributed by atoms with Gasteiger partial charge in [-0.25, -0.2) is 9.97 Å². The van der Waals surface area contributed by atoms with Crippen LogP contribution in [0.4, 0.5) is 5.82 Å². The molecule has 4 nitrogen and oxygen atoms in total. The second-order valence-electron chi connectivity index (χ2n) is 4.62. The lowest BCUT2D eigenvalue weighted by Gasteiger charge is -2.11. The summed E-state index contributed by atoms with van der Waals surface area (Å²) in [5.74, 6) is 2.04. The van der Waals surface area contributed by atoms with E-state index in [0.29, 0.717) is 5.88 Å². The Morgan fingerprint density at radius 3 is 2.70 bits per heavy atom. The van der Waals surface area contributed by atoms with E-state index >= 15 is 0 Å². The number of aromatic nitrogens is 2. The van der Waals surface area contributed by atoms with E-state index in [4.69, 9.17) is 4.74 Å². The van der Waals surface area contributed by atoms with Crippen LogP contribution in [0.5, 0.6) is 11.6 Å². The predicted molar refractivity (Wildman–Crippen MR) is 84.5 cm³/mol. The molecule has 1 aromatic heterocycles. The Balaban J connectivity index is 2.22. The van der Waals surface area contributed by atoms with E-state index in [9.17, 15) is 0 Å². The van der Waals surface area contributed by atoms with Crippen LogP contribution in [0.1, 0.15) is 24.5 Å². The molecule has 0 spiro atoms. The first kappa shape index (κ1) is 14.8. The molecule has 0 fully saturated rings. The SMILES string of the molecule is CCCNc1ncnc(Oc2ccc(C)c(C)c2)c1Br. The van der Waals surface area contributed by atoms with E-state index < -0.39 is 0 Å². The summed E-state index contributed by atoms with van der Waals surface area (Å²) >= 11 is 3.49. The highest BCUT2D eigenvalue weighted by Gasteiger charge is 2.10. The van der Waals surface area contributed by atoms with Gasteiger partial charge in [0.2, 0.25) is 5.88 Å². The minimum absolute atomic E-state index is 0.516. The van der Waals surface area contributed by atoms with Gasteiger partial charge in [0, 0.05) is 6.54 Å². The first-order valence-electron chi connectivity index (χ1n) is 6.61. The number of nitrogens with one attached hydrogen (secondary N) is 1. The summed E-state index contributed by atoms with van der Waals surface area (Å²) in [6, 6.07) is 5.98. The molecular weight excluding hydrogens is 318 g/mol. The molecule has 1 aromatic carbocycles. The zero-order chi connectivity index (χ0) is 14.5. The van der Waals surface area contributed by atoms with Crippen molar-refractivity contribution in [1.29, 1.82) is 0 Å². The fraction of sp³-hybridized carbons (Fsp3) is 0.333. The highest BCUT2D eigenvalue weighted by molar-refractivity contribution is 9.10. The summed E-state index contributed by atoms with van der Waals surface area (Å²) in [5, 5.41) is 3.23. The van der Waals surface area contributed by atoms with E-state index in [1.807, 2.05) is 18.2 Å². The molecule has 1 heterocycles. The van der Waals surface area contributed by atoms with Gasteiger partial charge < -0.3 is 10.1 Å². The summed E-state index contributed by atoms with van der Waals surface area (Å²) in [6.45, 7) is 7.10. The molecule has 0 aliphatic heterocycles. The van der Waals surface area contributed by atoms with Crippen LogP contribution in [-0.2, 0) is 0 Å². The third-order valence-corrected chi connectivity index (χ3v) is 3.71. The van der Waals surface area contributed by atoms with Crippen LogP contribution >= 0.6 is 15.9 Å². The molecule has 2 aromatic rings. The fourth-order valence-corrected chi connectivity index (χ4v) is 2.11. The Hall–Kier alpha value is -1.62. The van der Waals surface area contributed by atoms with Crippen molar-refractivity contribution < 1.29 is 4.74 Å². The average molecular weight is 336 g/mol. The smallest absolute Gasteiger partial charge is 0.238 e. The largest absolute Gasteiger partial charge is 0.438 e. The van der Waals surface area contributed by atoms with Crippen LogP contribution in [0.25, 0.3) is 0 Å². The number of benzene rings is 1. The van der Waals surface area contributed by atoms with Gasteiger partial charge in [0.15, 0.2) is 0 Å². The Kier molecular flexibility index (Phi) is 4.95. The molecule has 0 atom stereocenters. The van der Waals surface area contributed by atoms with Gasteiger partial charge in [0.25, 0.3) is 0 Å². The van der Waals surface area contributed by atoms with Gasteiger partial charge in [-0.2, -0.15) is 0 Å². The van der Waals surface area contributed by atoms with Crippen molar-refractivity contribution >= 4 is 21.7 Å². The van der Waals surface area contributed by atoms with Gasteiger partial charge in [-0.1, -0.05) is 13.0 Å². The van der Waals surface area contributed by atoms with Crippen molar-refractivity contribution in [3.63, 3.8) is 0 Å². The number of hydrogen-bond donors (Lipinski definition) is 1. The van der Waals surface area contributed by atoms with Crippen LogP contribution in [0, 0.1) is 13.8 Å². The number of hydrogen-bond acceptors (Lipinski definition) is 4. The average Bonchev–Trinajstić information content (AvgIpc) is 2.44. The van der Waals surface area contributed by atoms with Gasteiger partial charge >= 0.3 is 0 Å². The Labute approximate surface area is 127 Å². The minimum atomic E-state index is 0.516. The van der Waals surface area contributed by atoms with Gasteiger partial charge in [-0.15, -0.1) is 0 Å².